The van der Waals surface area contributed by atoms with E-state index in [0.717, 1.165) is 27.1 Å². The molecule has 2 aliphatic rings. The molecule has 6 rings (SSSR count). The predicted molar refractivity (Wildman–Crippen MR) is 142 cm³/mol. The summed E-state index contributed by atoms with van der Waals surface area (Å²) in [5, 5.41) is 25.1. The molecule has 4 aromatic rings. The Hall–Kier alpha value is -4.44. The highest BCUT2D eigenvalue weighted by Crippen LogP contribution is 2.45. The number of benzene rings is 2. The topological polar surface area (TPSA) is 109 Å². The minimum absolute atomic E-state index is 0.147. The van der Waals surface area contributed by atoms with Gasteiger partial charge in [0.2, 0.25) is 5.69 Å². The van der Waals surface area contributed by atoms with E-state index in [1.165, 1.54) is 24.3 Å². The van der Waals surface area contributed by atoms with Crippen molar-refractivity contribution in [2.45, 2.75) is 31.4 Å². The Morgan fingerprint density at radius 2 is 2.03 bits per heavy atom. The van der Waals surface area contributed by atoms with Crippen LogP contribution in [0.5, 0.6) is 0 Å². The van der Waals surface area contributed by atoms with E-state index in [1.54, 1.807) is 30.5 Å². The molecule has 2 unspecified atom stereocenters. The number of carbonyl (C=O) groups excluding carboxylic acids is 1. The summed E-state index contributed by atoms with van der Waals surface area (Å²) >= 11 is 6.26. The molecule has 2 aromatic carbocycles. The Kier molecular flexibility index (Phi) is 6.40. The molecule has 0 bridgehead atoms. The number of nitrogens with zero attached hydrogens (tertiary/aromatic N) is 6. The molecule has 0 radical (unpaired) electrons. The minimum atomic E-state index is -1.31. The summed E-state index contributed by atoms with van der Waals surface area (Å²) in [4.78, 5) is 16.1. The molecule has 9 nitrogen and oxygen atoms in total. The lowest BCUT2D eigenvalue weighted by atomic mass is 9.93. The first-order valence-corrected chi connectivity index (χ1v) is 12.6. The van der Waals surface area contributed by atoms with Crippen LogP contribution in [0.4, 0.5) is 4.39 Å². The van der Waals surface area contributed by atoms with Crippen LogP contribution >= 0.6 is 11.6 Å². The number of allylic oxidation sites excluding steroid dienone is 1. The highest BCUT2D eigenvalue weighted by molar-refractivity contribution is 6.31. The van der Waals surface area contributed by atoms with E-state index in [0.29, 0.717) is 39.5 Å². The summed E-state index contributed by atoms with van der Waals surface area (Å²) in [5.74, 6) is -0.738. The van der Waals surface area contributed by atoms with Gasteiger partial charge in [0.25, 0.3) is 0 Å². The van der Waals surface area contributed by atoms with Crippen LogP contribution in [0.2, 0.25) is 5.02 Å². The van der Waals surface area contributed by atoms with Crippen molar-refractivity contribution >= 4 is 28.9 Å². The first kappa shape index (κ1) is 24.9. The molecule has 11 heteroatoms. The van der Waals surface area contributed by atoms with Crippen molar-refractivity contribution in [1.82, 2.24) is 20.2 Å². The first-order valence-electron chi connectivity index (χ1n) is 12.3. The number of aliphatic imine (C=N–C) groups is 1. The van der Waals surface area contributed by atoms with Gasteiger partial charge in [-0.2, -0.15) is 9.41 Å². The van der Waals surface area contributed by atoms with Crippen LogP contribution < -0.4 is 4.73 Å². The number of ether oxygens (including phenoxy) is 1. The van der Waals surface area contributed by atoms with Gasteiger partial charge in [0, 0.05) is 40.9 Å². The SMILES string of the molecule is COC(=O)Cc1ccc(C2=CN=C(C3CC(F)c4cc(-c5cc(Cl)ccc5-n5cnnn5)c[n+]([O-])c43)C2)cc1. The average Bonchev–Trinajstić information content (AvgIpc) is 3.70. The summed E-state index contributed by atoms with van der Waals surface area (Å²) in [5.41, 5.74) is 5.98. The normalized spacial score (nSPS) is 18.0. The summed E-state index contributed by atoms with van der Waals surface area (Å²) < 4.78 is 22.4. The monoisotopic (exact) mass is 544 g/mol. The second kappa shape index (κ2) is 10.0. The Balaban J connectivity index is 1.27. The molecule has 0 spiro atoms. The lowest BCUT2D eigenvalue weighted by Gasteiger charge is -2.14. The van der Waals surface area contributed by atoms with Crippen molar-refractivity contribution in [1.29, 1.82) is 0 Å². The minimum Gasteiger partial charge on any atom is -0.618 e. The summed E-state index contributed by atoms with van der Waals surface area (Å²) in [6, 6.07) is 14.5. The van der Waals surface area contributed by atoms with Crippen LogP contribution in [0.3, 0.4) is 0 Å². The molecule has 0 saturated carbocycles. The maximum atomic E-state index is 15.4. The van der Waals surface area contributed by atoms with E-state index < -0.39 is 12.1 Å². The van der Waals surface area contributed by atoms with Gasteiger partial charge in [-0.1, -0.05) is 35.9 Å². The standard InChI is InChI=1S/C28H22ClFN6O3/c1-39-27(37)8-16-2-4-17(5-3-16)18-10-25(31-13-18)23-12-24(30)22-9-19(14-36(38)28(22)23)21-11-20(29)6-7-26(21)35-15-32-33-34-35/h2-7,9,11,13-15,23-24H,8,10,12H2,1H3. The van der Waals surface area contributed by atoms with E-state index in [9.17, 15) is 10.0 Å². The second-order valence-electron chi connectivity index (χ2n) is 9.47. The maximum absolute atomic E-state index is 15.4. The van der Waals surface area contributed by atoms with Crippen molar-refractivity contribution in [2.75, 3.05) is 7.11 Å². The Morgan fingerprint density at radius 1 is 1.21 bits per heavy atom. The van der Waals surface area contributed by atoms with Gasteiger partial charge in [-0.25, -0.2) is 4.39 Å². The number of rotatable bonds is 6. The molecule has 2 aromatic heterocycles. The third-order valence-corrected chi connectivity index (χ3v) is 7.37. The van der Waals surface area contributed by atoms with E-state index >= 15 is 4.39 Å². The number of methoxy groups -OCH3 is 1. The molecule has 39 heavy (non-hydrogen) atoms. The number of hydrogen-bond donors (Lipinski definition) is 0. The van der Waals surface area contributed by atoms with Crippen LogP contribution in [0.25, 0.3) is 22.4 Å². The zero-order valence-electron chi connectivity index (χ0n) is 20.8. The molecule has 3 heterocycles. The lowest BCUT2D eigenvalue weighted by molar-refractivity contribution is -0.613. The summed E-state index contributed by atoms with van der Waals surface area (Å²) in [6.45, 7) is 0. The Labute approximate surface area is 227 Å². The highest BCUT2D eigenvalue weighted by atomic mass is 35.5. The number of carbonyl (C=O) groups is 1. The van der Waals surface area contributed by atoms with E-state index in [-0.39, 0.29) is 18.8 Å². The third-order valence-electron chi connectivity index (χ3n) is 7.14. The lowest BCUT2D eigenvalue weighted by Crippen LogP contribution is -2.34. The van der Waals surface area contributed by atoms with E-state index in [4.69, 9.17) is 16.3 Å². The van der Waals surface area contributed by atoms with Crippen LogP contribution in [0, 0.1) is 5.21 Å². The zero-order chi connectivity index (χ0) is 27.1. The largest absolute Gasteiger partial charge is 0.618 e. The fourth-order valence-corrected chi connectivity index (χ4v) is 5.39. The summed E-state index contributed by atoms with van der Waals surface area (Å²) in [6.07, 6.45) is 4.18. The number of tetrazole rings is 1. The molecule has 1 aliphatic heterocycles. The van der Waals surface area contributed by atoms with E-state index in [2.05, 4.69) is 20.5 Å². The number of alkyl halides is 1. The van der Waals surface area contributed by atoms with Gasteiger partial charge in [0.05, 0.1) is 30.7 Å². The smallest absolute Gasteiger partial charge is 0.309 e. The number of pyridine rings is 1. The Morgan fingerprint density at radius 3 is 2.77 bits per heavy atom. The van der Waals surface area contributed by atoms with Gasteiger partial charge in [-0.15, -0.1) is 5.10 Å². The quantitative estimate of drug-likeness (QED) is 0.197. The number of hydrogen-bond acceptors (Lipinski definition) is 7. The van der Waals surface area contributed by atoms with Crippen LogP contribution in [-0.2, 0) is 16.0 Å². The molecule has 0 amide bonds. The number of aromatic nitrogens is 5. The molecule has 196 valence electrons. The van der Waals surface area contributed by atoms with Gasteiger partial charge < -0.3 is 9.94 Å². The van der Waals surface area contributed by atoms with Gasteiger partial charge in [-0.3, -0.25) is 9.79 Å². The Bertz CT molecular complexity index is 1640. The van der Waals surface area contributed by atoms with Crippen LogP contribution in [0.1, 0.15) is 47.3 Å². The van der Waals surface area contributed by atoms with Crippen molar-refractivity contribution in [3.05, 3.63) is 99.9 Å². The fraction of sp³-hybridized carbons (Fsp3) is 0.214. The van der Waals surface area contributed by atoms with Crippen molar-refractivity contribution in [3.8, 4) is 16.8 Å². The van der Waals surface area contributed by atoms with Crippen molar-refractivity contribution < 1.29 is 18.7 Å². The highest BCUT2D eigenvalue weighted by Gasteiger charge is 2.42. The first-order chi connectivity index (χ1) is 18.9. The van der Waals surface area contributed by atoms with Gasteiger partial charge in [-0.05, 0) is 51.4 Å². The van der Waals surface area contributed by atoms with Crippen LogP contribution in [-0.4, -0.2) is 39.0 Å². The average molecular weight is 545 g/mol. The van der Waals surface area contributed by atoms with Crippen molar-refractivity contribution in [3.63, 3.8) is 0 Å². The predicted octanol–water partition coefficient (Wildman–Crippen LogP) is 4.72. The zero-order valence-corrected chi connectivity index (χ0v) is 21.5. The second-order valence-corrected chi connectivity index (χ2v) is 9.90. The van der Waals surface area contributed by atoms with Gasteiger partial charge >= 0.3 is 5.97 Å². The van der Waals surface area contributed by atoms with Gasteiger partial charge in [0.1, 0.15) is 12.5 Å². The van der Waals surface area contributed by atoms with Crippen molar-refractivity contribution in [2.24, 2.45) is 4.99 Å². The molecule has 0 fully saturated rings. The number of fused-ring (bicyclic) bond motifs is 1. The van der Waals surface area contributed by atoms with Gasteiger partial charge in [0.15, 0.2) is 6.20 Å². The van der Waals surface area contributed by atoms with Crippen LogP contribution in [0.15, 0.2) is 72.2 Å². The summed E-state index contributed by atoms with van der Waals surface area (Å²) in [7, 11) is 1.36. The third kappa shape index (κ3) is 4.67. The molecular weight excluding hydrogens is 523 g/mol. The number of esters is 1. The molecule has 0 N–H and O–H groups in total. The van der Waals surface area contributed by atoms with E-state index in [1.807, 2.05) is 24.3 Å². The maximum Gasteiger partial charge on any atom is 0.309 e. The molecule has 1 aliphatic carbocycles. The fourth-order valence-electron chi connectivity index (χ4n) is 5.22. The molecule has 0 saturated heterocycles. The molecule has 2 atom stereocenters. The number of halogens is 2. The molecular formula is C28H22ClFN6O3.